The first kappa shape index (κ1) is 17.1. The van der Waals surface area contributed by atoms with Gasteiger partial charge in [-0.1, -0.05) is 12.1 Å². The highest BCUT2D eigenvalue weighted by molar-refractivity contribution is 7.18. The topological polar surface area (TPSA) is 59.5 Å². The van der Waals surface area contributed by atoms with Crippen molar-refractivity contribution in [3.05, 3.63) is 59.1 Å². The summed E-state index contributed by atoms with van der Waals surface area (Å²) in [5.41, 5.74) is 1.57. The Morgan fingerprint density at radius 3 is 2.52 bits per heavy atom. The number of benzene rings is 2. The van der Waals surface area contributed by atoms with E-state index in [4.69, 9.17) is 4.74 Å². The molecule has 0 unspecified atom stereocenters. The summed E-state index contributed by atoms with van der Waals surface area (Å²) >= 11 is 1.58. The highest BCUT2D eigenvalue weighted by atomic mass is 32.1. The summed E-state index contributed by atoms with van der Waals surface area (Å²) in [6.45, 7) is 1.90. The van der Waals surface area contributed by atoms with Gasteiger partial charge in [0.2, 0.25) is 0 Å². The maximum atomic E-state index is 12.2. The van der Waals surface area contributed by atoms with E-state index in [2.05, 4.69) is 4.98 Å². The number of hydrogen-bond donors (Lipinski definition) is 0. The maximum Gasteiger partial charge on any atom is 0.260 e. The zero-order valence-electron chi connectivity index (χ0n) is 14.1. The second kappa shape index (κ2) is 7.44. The van der Waals surface area contributed by atoms with Crippen molar-refractivity contribution in [3.8, 4) is 5.75 Å². The molecular formula is C19H18N2O3S. The average Bonchev–Trinajstić information content (AvgIpc) is 3.02. The Morgan fingerprint density at radius 2 is 1.84 bits per heavy atom. The fourth-order valence-corrected chi connectivity index (χ4v) is 3.34. The zero-order chi connectivity index (χ0) is 17.8. The Balaban J connectivity index is 1.56. The Kier molecular flexibility index (Phi) is 5.09. The van der Waals surface area contributed by atoms with Crippen LogP contribution in [0.1, 0.15) is 22.3 Å². The van der Waals surface area contributed by atoms with Crippen molar-refractivity contribution in [2.75, 3.05) is 13.7 Å². The summed E-state index contributed by atoms with van der Waals surface area (Å²) in [5.74, 6) is 0.430. The van der Waals surface area contributed by atoms with Crippen LogP contribution in [0, 0.1) is 0 Å². The lowest BCUT2D eigenvalue weighted by atomic mass is 10.1. The van der Waals surface area contributed by atoms with Crippen LogP contribution in [0.15, 0.2) is 48.5 Å². The van der Waals surface area contributed by atoms with Gasteiger partial charge in [0, 0.05) is 12.6 Å². The number of Topliss-reactive ketones (excluding diaryl/α,β-unsaturated/α-hetero) is 1. The largest absolute Gasteiger partial charge is 0.484 e. The van der Waals surface area contributed by atoms with Crippen molar-refractivity contribution in [1.29, 1.82) is 0 Å². The molecule has 0 bridgehead atoms. The standard InChI is InChI=1S/C19H18N2O3S/c1-13(22)14-7-9-15(10-8-14)24-12-19(23)21(2)11-18-20-16-5-3-4-6-17(16)25-18/h3-10H,11-12H2,1-2H3. The van der Waals surface area contributed by atoms with Gasteiger partial charge >= 0.3 is 0 Å². The molecule has 1 heterocycles. The molecule has 6 heteroatoms. The predicted molar refractivity (Wildman–Crippen MR) is 98.0 cm³/mol. The van der Waals surface area contributed by atoms with Crippen LogP contribution in [0.5, 0.6) is 5.75 Å². The molecule has 1 aromatic heterocycles. The van der Waals surface area contributed by atoms with Crippen molar-refractivity contribution < 1.29 is 14.3 Å². The highest BCUT2D eigenvalue weighted by Crippen LogP contribution is 2.22. The van der Waals surface area contributed by atoms with Crippen molar-refractivity contribution in [1.82, 2.24) is 9.88 Å². The van der Waals surface area contributed by atoms with Crippen molar-refractivity contribution in [2.45, 2.75) is 13.5 Å². The second-order valence-corrected chi connectivity index (χ2v) is 6.81. The molecule has 0 spiro atoms. The molecule has 3 aromatic rings. The smallest absolute Gasteiger partial charge is 0.260 e. The number of carbonyl (C=O) groups excluding carboxylic acids is 2. The Labute approximate surface area is 149 Å². The fourth-order valence-electron chi connectivity index (χ4n) is 2.32. The Bertz CT molecular complexity index is 869. The molecule has 0 aliphatic carbocycles. The van der Waals surface area contributed by atoms with E-state index in [-0.39, 0.29) is 18.3 Å². The van der Waals surface area contributed by atoms with E-state index in [0.29, 0.717) is 17.9 Å². The molecule has 0 radical (unpaired) electrons. The number of nitrogens with zero attached hydrogens (tertiary/aromatic N) is 2. The first-order valence-electron chi connectivity index (χ1n) is 7.85. The van der Waals surface area contributed by atoms with Gasteiger partial charge in [-0.15, -0.1) is 11.3 Å². The van der Waals surface area contributed by atoms with Crippen LogP contribution in [0.25, 0.3) is 10.2 Å². The van der Waals surface area contributed by atoms with E-state index < -0.39 is 0 Å². The van der Waals surface area contributed by atoms with Gasteiger partial charge in [0.15, 0.2) is 12.4 Å². The minimum absolute atomic E-state index is 0.00167. The normalized spacial score (nSPS) is 10.6. The summed E-state index contributed by atoms with van der Waals surface area (Å²) in [4.78, 5) is 29.6. The number of hydrogen-bond acceptors (Lipinski definition) is 5. The summed E-state index contributed by atoms with van der Waals surface area (Å²) in [7, 11) is 1.73. The number of ether oxygens (including phenoxy) is 1. The van der Waals surface area contributed by atoms with Crippen LogP contribution in [-0.4, -0.2) is 35.2 Å². The van der Waals surface area contributed by atoms with E-state index in [1.807, 2.05) is 24.3 Å². The van der Waals surface area contributed by atoms with E-state index >= 15 is 0 Å². The third-order valence-corrected chi connectivity index (χ3v) is 4.78. The molecule has 3 rings (SSSR count). The van der Waals surface area contributed by atoms with E-state index in [1.165, 1.54) is 6.92 Å². The lowest BCUT2D eigenvalue weighted by Crippen LogP contribution is -2.30. The van der Waals surface area contributed by atoms with Crippen LogP contribution in [0.3, 0.4) is 0 Å². The number of carbonyl (C=O) groups is 2. The molecule has 0 N–H and O–H groups in total. The second-order valence-electron chi connectivity index (χ2n) is 5.69. The molecule has 0 aliphatic heterocycles. The molecule has 0 atom stereocenters. The fraction of sp³-hybridized carbons (Fsp3) is 0.211. The van der Waals surface area contributed by atoms with Gasteiger partial charge in [0.25, 0.3) is 5.91 Å². The number of ketones is 1. The number of para-hydroxylation sites is 1. The van der Waals surface area contributed by atoms with E-state index in [1.54, 1.807) is 47.5 Å². The Hall–Kier alpha value is -2.73. The van der Waals surface area contributed by atoms with Crippen molar-refractivity contribution in [2.24, 2.45) is 0 Å². The molecule has 0 aliphatic rings. The molecule has 0 fully saturated rings. The minimum Gasteiger partial charge on any atom is -0.484 e. The van der Waals surface area contributed by atoms with Gasteiger partial charge in [0.05, 0.1) is 16.8 Å². The molecule has 25 heavy (non-hydrogen) atoms. The van der Waals surface area contributed by atoms with Crippen LogP contribution in [-0.2, 0) is 11.3 Å². The van der Waals surface area contributed by atoms with Crippen LogP contribution in [0.4, 0.5) is 0 Å². The number of aromatic nitrogens is 1. The zero-order valence-corrected chi connectivity index (χ0v) is 14.9. The SMILES string of the molecule is CC(=O)c1ccc(OCC(=O)N(C)Cc2nc3ccccc3s2)cc1. The molecule has 0 saturated heterocycles. The minimum atomic E-state index is -0.130. The molecular weight excluding hydrogens is 336 g/mol. The van der Waals surface area contributed by atoms with Crippen molar-refractivity contribution in [3.63, 3.8) is 0 Å². The van der Waals surface area contributed by atoms with Crippen molar-refractivity contribution >= 4 is 33.2 Å². The monoisotopic (exact) mass is 354 g/mol. The molecule has 128 valence electrons. The lowest BCUT2D eigenvalue weighted by Gasteiger charge is -2.16. The maximum absolute atomic E-state index is 12.2. The predicted octanol–water partition coefficient (Wildman–Crippen LogP) is 3.54. The summed E-state index contributed by atoms with van der Waals surface area (Å²) in [5, 5.41) is 0.892. The number of thiazole rings is 1. The quantitative estimate of drug-likeness (QED) is 0.635. The third kappa shape index (κ3) is 4.22. The Morgan fingerprint density at radius 1 is 1.12 bits per heavy atom. The number of fused-ring (bicyclic) bond motifs is 1. The molecule has 1 amide bonds. The summed E-state index contributed by atoms with van der Waals surface area (Å²) < 4.78 is 6.61. The summed E-state index contributed by atoms with van der Waals surface area (Å²) in [6, 6.07) is 14.7. The number of amides is 1. The number of likely N-dealkylation sites (N-methyl/N-ethyl adjacent to an activating group) is 1. The van der Waals surface area contributed by atoms with E-state index in [9.17, 15) is 9.59 Å². The van der Waals surface area contributed by atoms with Gasteiger partial charge in [-0.3, -0.25) is 9.59 Å². The van der Waals surface area contributed by atoms with E-state index in [0.717, 1.165) is 15.2 Å². The average molecular weight is 354 g/mol. The third-order valence-electron chi connectivity index (χ3n) is 3.76. The summed E-state index contributed by atoms with van der Waals surface area (Å²) in [6.07, 6.45) is 0. The number of rotatable bonds is 6. The van der Waals surface area contributed by atoms with Crippen LogP contribution < -0.4 is 4.74 Å². The first-order chi connectivity index (χ1) is 12.0. The van der Waals surface area contributed by atoms with Gasteiger partial charge < -0.3 is 9.64 Å². The molecule has 5 nitrogen and oxygen atoms in total. The van der Waals surface area contributed by atoms with Gasteiger partial charge in [0.1, 0.15) is 10.8 Å². The molecule has 2 aromatic carbocycles. The first-order valence-corrected chi connectivity index (χ1v) is 8.67. The van der Waals surface area contributed by atoms with Crippen LogP contribution in [0.2, 0.25) is 0 Å². The van der Waals surface area contributed by atoms with Crippen LogP contribution >= 0.6 is 11.3 Å². The highest BCUT2D eigenvalue weighted by Gasteiger charge is 2.13. The van der Waals surface area contributed by atoms with Gasteiger partial charge in [-0.2, -0.15) is 0 Å². The van der Waals surface area contributed by atoms with Gasteiger partial charge in [-0.25, -0.2) is 4.98 Å². The van der Waals surface area contributed by atoms with Gasteiger partial charge in [-0.05, 0) is 43.3 Å². The lowest BCUT2D eigenvalue weighted by molar-refractivity contribution is -0.132. The molecule has 0 saturated carbocycles.